The zero-order valence-corrected chi connectivity index (χ0v) is 11.8. The van der Waals surface area contributed by atoms with Crippen molar-refractivity contribution in [2.75, 3.05) is 5.73 Å². The van der Waals surface area contributed by atoms with Crippen molar-refractivity contribution in [1.82, 2.24) is 10.2 Å². The number of ether oxygens (including phenoxy) is 1. The molecule has 0 unspecified atom stereocenters. The number of rotatable bonds is 3. The third-order valence-corrected chi connectivity index (χ3v) is 3.44. The van der Waals surface area contributed by atoms with E-state index in [9.17, 15) is 0 Å². The summed E-state index contributed by atoms with van der Waals surface area (Å²) >= 11 is 1.44. The molecule has 18 heavy (non-hydrogen) atoms. The lowest BCUT2D eigenvalue weighted by molar-refractivity contribution is 0.464. The van der Waals surface area contributed by atoms with Gasteiger partial charge in [0, 0.05) is 5.69 Å². The summed E-state index contributed by atoms with van der Waals surface area (Å²) in [5, 5.41) is 9.38. The van der Waals surface area contributed by atoms with Crippen molar-refractivity contribution < 1.29 is 4.74 Å². The summed E-state index contributed by atoms with van der Waals surface area (Å²) in [6, 6.07) is 3.94. The second kappa shape index (κ2) is 4.94. The Morgan fingerprint density at radius 1 is 1.22 bits per heavy atom. The van der Waals surface area contributed by atoms with E-state index in [-0.39, 0.29) is 0 Å². The van der Waals surface area contributed by atoms with Gasteiger partial charge in [-0.25, -0.2) is 0 Å². The van der Waals surface area contributed by atoms with Crippen molar-refractivity contribution >= 4 is 17.0 Å². The Labute approximate surface area is 111 Å². The van der Waals surface area contributed by atoms with Gasteiger partial charge in [-0.2, -0.15) is 0 Å². The van der Waals surface area contributed by atoms with E-state index in [1.807, 2.05) is 26.0 Å². The lowest BCUT2D eigenvalue weighted by Gasteiger charge is -2.14. The fourth-order valence-electron chi connectivity index (χ4n) is 1.67. The molecule has 1 aromatic carbocycles. The number of aryl methyl sites for hydroxylation is 2. The maximum Gasteiger partial charge on any atom is 0.299 e. The van der Waals surface area contributed by atoms with E-state index in [0.29, 0.717) is 11.1 Å². The maximum atomic E-state index is 5.94. The first kappa shape index (κ1) is 12.8. The molecule has 0 bridgehead atoms. The van der Waals surface area contributed by atoms with Crippen LogP contribution in [-0.2, 0) is 0 Å². The van der Waals surface area contributed by atoms with Crippen LogP contribution in [-0.4, -0.2) is 10.2 Å². The molecule has 0 saturated heterocycles. The predicted octanol–water partition coefficient (Wildman–Crippen LogP) is 3.65. The van der Waals surface area contributed by atoms with Gasteiger partial charge in [-0.3, -0.25) is 0 Å². The van der Waals surface area contributed by atoms with Gasteiger partial charge in [0.05, 0.1) is 0 Å². The Morgan fingerprint density at radius 2 is 1.94 bits per heavy atom. The van der Waals surface area contributed by atoms with E-state index in [1.165, 1.54) is 11.3 Å². The minimum atomic E-state index is 0.344. The molecule has 2 aromatic rings. The van der Waals surface area contributed by atoms with Gasteiger partial charge < -0.3 is 10.5 Å². The van der Waals surface area contributed by atoms with Crippen molar-refractivity contribution in [1.29, 1.82) is 0 Å². The summed E-state index contributed by atoms with van der Waals surface area (Å²) < 4.78 is 5.82. The number of anilines is 1. The SMILES string of the molecule is Cc1nnc(Oc2cc(C)c(N)cc2C(C)C)s1. The van der Waals surface area contributed by atoms with Gasteiger partial charge in [0.15, 0.2) is 0 Å². The third kappa shape index (κ3) is 2.61. The summed E-state index contributed by atoms with van der Waals surface area (Å²) in [5.74, 6) is 1.16. The van der Waals surface area contributed by atoms with Crippen LogP contribution >= 0.6 is 11.3 Å². The molecule has 2 rings (SSSR count). The van der Waals surface area contributed by atoms with Gasteiger partial charge in [0.1, 0.15) is 10.8 Å². The van der Waals surface area contributed by atoms with Crippen molar-refractivity contribution in [2.45, 2.75) is 33.6 Å². The van der Waals surface area contributed by atoms with Crippen molar-refractivity contribution in [3.63, 3.8) is 0 Å². The second-order valence-electron chi connectivity index (χ2n) is 4.59. The van der Waals surface area contributed by atoms with Gasteiger partial charge in [-0.1, -0.05) is 30.3 Å². The van der Waals surface area contributed by atoms with E-state index in [0.717, 1.165) is 27.6 Å². The molecule has 0 atom stereocenters. The molecule has 0 spiro atoms. The van der Waals surface area contributed by atoms with Crippen LogP contribution in [0.5, 0.6) is 10.9 Å². The molecule has 0 fully saturated rings. The zero-order chi connectivity index (χ0) is 13.3. The highest BCUT2D eigenvalue weighted by atomic mass is 32.1. The average Bonchev–Trinajstić information content (AvgIpc) is 2.68. The highest BCUT2D eigenvalue weighted by molar-refractivity contribution is 7.13. The maximum absolute atomic E-state index is 5.94. The van der Waals surface area contributed by atoms with E-state index in [1.54, 1.807) is 0 Å². The summed E-state index contributed by atoms with van der Waals surface area (Å²) in [5.41, 5.74) is 8.83. The second-order valence-corrected chi connectivity index (χ2v) is 5.73. The van der Waals surface area contributed by atoms with Crippen LogP contribution in [0.2, 0.25) is 0 Å². The van der Waals surface area contributed by atoms with Gasteiger partial charge >= 0.3 is 0 Å². The zero-order valence-electron chi connectivity index (χ0n) is 11.0. The molecule has 0 aliphatic rings. The Hall–Kier alpha value is -1.62. The molecule has 1 aromatic heterocycles. The van der Waals surface area contributed by atoms with Gasteiger partial charge in [-0.05, 0) is 43.0 Å². The predicted molar refractivity (Wildman–Crippen MR) is 74.4 cm³/mol. The molecule has 5 heteroatoms. The number of nitrogens with two attached hydrogens (primary N) is 1. The van der Waals surface area contributed by atoms with Crippen LogP contribution in [0.25, 0.3) is 0 Å². The van der Waals surface area contributed by atoms with Crippen LogP contribution in [0.1, 0.15) is 35.9 Å². The van der Waals surface area contributed by atoms with E-state index in [4.69, 9.17) is 10.5 Å². The largest absolute Gasteiger partial charge is 0.429 e. The van der Waals surface area contributed by atoms with Crippen LogP contribution < -0.4 is 10.5 Å². The van der Waals surface area contributed by atoms with Crippen LogP contribution in [0, 0.1) is 13.8 Å². The molecule has 0 aliphatic carbocycles. The van der Waals surface area contributed by atoms with Gasteiger partial charge in [0.2, 0.25) is 0 Å². The smallest absolute Gasteiger partial charge is 0.299 e. The topological polar surface area (TPSA) is 61.0 Å². The molecule has 4 nitrogen and oxygen atoms in total. The number of nitrogen functional groups attached to an aromatic ring is 1. The summed E-state index contributed by atoms with van der Waals surface area (Å²) in [4.78, 5) is 0. The summed E-state index contributed by atoms with van der Waals surface area (Å²) in [7, 11) is 0. The number of benzene rings is 1. The van der Waals surface area contributed by atoms with Crippen LogP contribution in [0.4, 0.5) is 5.69 Å². The summed E-state index contributed by atoms with van der Waals surface area (Å²) in [6.07, 6.45) is 0. The lowest BCUT2D eigenvalue weighted by Crippen LogP contribution is -1.98. The van der Waals surface area contributed by atoms with Crippen LogP contribution in [0.15, 0.2) is 12.1 Å². The molecule has 0 amide bonds. The number of aromatic nitrogens is 2. The first-order chi connectivity index (χ1) is 8.47. The molecule has 0 aliphatic heterocycles. The fraction of sp³-hybridized carbons (Fsp3) is 0.385. The highest BCUT2D eigenvalue weighted by Crippen LogP contribution is 2.34. The molecule has 0 saturated carbocycles. The van der Waals surface area contributed by atoms with E-state index in [2.05, 4.69) is 24.0 Å². The van der Waals surface area contributed by atoms with Gasteiger partial charge in [-0.15, -0.1) is 5.10 Å². The van der Waals surface area contributed by atoms with Crippen molar-refractivity contribution in [2.24, 2.45) is 0 Å². The summed E-state index contributed by atoms with van der Waals surface area (Å²) in [6.45, 7) is 8.10. The quantitative estimate of drug-likeness (QED) is 0.859. The first-order valence-corrected chi connectivity index (χ1v) is 6.67. The molecular weight excluding hydrogens is 246 g/mol. The monoisotopic (exact) mass is 263 g/mol. The normalized spacial score (nSPS) is 10.9. The third-order valence-electron chi connectivity index (χ3n) is 2.73. The average molecular weight is 263 g/mol. The Bertz CT molecular complexity index is 563. The number of hydrogen-bond acceptors (Lipinski definition) is 5. The van der Waals surface area contributed by atoms with E-state index >= 15 is 0 Å². The van der Waals surface area contributed by atoms with Gasteiger partial charge in [0.25, 0.3) is 5.19 Å². The van der Waals surface area contributed by atoms with Crippen LogP contribution in [0.3, 0.4) is 0 Å². The first-order valence-electron chi connectivity index (χ1n) is 5.85. The fourth-order valence-corrected chi connectivity index (χ4v) is 2.22. The standard InChI is InChI=1S/C13H17N3OS/c1-7(2)10-6-11(14)8(3)5-12(10)17-13-16-15-9(4)18-13/h5-7H,14H2,1-4H3. The Kier molecular flexibility index (Phi) is 3.52. The Balaban J connectivity index is 2.39. The van der Waals surface area contributed by atoms with Crippen molar-refractivity contribution in [3.05, 3.63) is 28.3 Å². The minimum Gasteiger partial charge on any atom is -0.429 e. The number of hydrogen-bond donors (Lipinski definition) is 1. The number of nitrogens with zero attached hydrogens (tertiary/aromatic N) is 2. The minimum absolute atomic E-state index is 0.344. The highest BCUT2D eigenvalue weighted by Gasteiger charge is 2.13. The Morgan fingerprint density at radius 3 is 2.50 bits per heavy atom. The molecule has 1 heterocycles. The molecule has 2 N–H and O–H groups in total. The lowest BCUT2D eigenvalue weighted by atomic mass is 9.99. The molecule has 96 valence electrons. The molecular formula is C13H17N3OS. The van der Waals surface area contributed by atoms with E-state index < -0.39 is 0 Å². The molecule has 0 radical (unpaired) electrons. The van der Waals surface area contributed by atoms with Crippen molar-refractivity contribution in [3.8, 4) is 10.9 Å².